The molecular formula is C28H23ClN4O4. The molecule has 186 valence electrons. The van der Waals surface area contributed by atoms with Crippen LogP contribution in [0.15, 0.2) is 72.8 Å². The number of ether oxygens (including phenoxy) is 1. The van der Waals surface area contributed by atoms with Crippen molar-refractivity contribution < 1.29 is 19.1 Å². The van der Waals surface area contributed by atoms with E-state index < -0.39 is 23.6 Å². The van der Waals surface area contributed by atoms with Gasteiger partial charge in [-0.2, -0.15) is 5.26 Å². The summed E-state index contributed by atoms with van der Waals surface area (Å²) in [5.74, 6) is -0.695. The van der Waals surface area contributed by atoms with Gasteiger partial charge in [-0.3, -0.25) is 14.9 Å². The van der Waals surface area contributed by atoms with E-state index in [9.17, 15) is 14.4 Å². The number of carbonyl (C=O) groups is 3. The zero-order valence-corrected chi connectivity index (χ0v) is 20.5. The number of hydrogen-bond acceptors (Lipinski definition) is 5. The highest BCUT2D eigenvalue weighted by Gasteiger charge is 2.49. The third-order valence-corrected chi connectivity index (χ3v) is 6.94. The molecule has 5 rings (SSSR count). The number of likely N-dealkylation sites (tertiary alicyclic amines) is 1. The standard InChI is InChI=1S/C28H23ClN4O4/c29-21-10-11-23-22(15-21)28(37-27(36)32-23)12-13-33(17-28)26(35)24(14-18-4-2-1-3-5-18)31-25(34)20-8-6-19(16-30)7-9-20/h1-11,15,24H,12-14,17H2,(H,31,34)(H,32,36)/t24-,28?/m0/s1. The summed E-state index contributed by atoms with van der Waals surface area (Å²) in [6.45, 7) is 0.487. The van der Waals surface area contributed by atoms with Crippen LogP contribution in [0.4, 0.5) is 10.5 Å². The molecular weight excluding hydrogens is 492 g/mol. The predicted molar refractivity (Wildman–Crippen MR) is 137 cm³/mol. The van der Waals surface area contributed by atoms with Crippen LogP contribution < -0.4 is 10.6 Å². The van der Waals surface area contributed by atoms with E-state index in [0.717, 1.165) is 11.1 Å². The van der Waals surface area contributed by atoms with Gasteiger partial charge >= 0.3 is 6.09 Å². The van der Waals surface area contributed by atoms with Crippen LogP contribution >= 0.6 is 11.6 Å². The number of nitrogens with one attached hydrogen (secondary N) is 2. The first kappa shape index (κ1) is 24.3. The molecule has 1 unspecified atom stereocenters. The number of fused-ring (bicyclic) bond motifs is 2. The number of hydrogen-bond donors (Lipinski definition) is 2. The molecule has 2 aliphatic heterocycles. The second-order valence-corrected chi connectivity index (χ2v) is 9.55. The monoisotopic (exact) mass is 514 g/mol. The van der Waals surface area contributed by atoms with Crippen LogP contribution in [-0.4, -0.2) is 41.9 Å². The zero-order chi connectivity index (χ0) is 26.0. The van der Waals surface area contributed by atoms with Crippen molar-refractivity contribution in [3.05, 3.63) is 100 Å². The van der Waals surface area contributed by atoms with Crippen LogP contribution in [0.25, 0.3) is 0 Å². The first-order chi connectivity index (χ1) is 17.9. The molecule has 8 nitrogen and oxygen atoms in total. The lowest BCUT2D eigenvalue weighted by molar-refractivity contribution is -0.133. The second kappa shape index (κ2) is 9.96. The van der Waals surface area contributed by atoms with E-state index in [1.807, 2.05) is 36.4 Å². The van der Waals surface area contributed by atoms with E-state index in [-0.39, 0.29) is 18.9 Å². The summed E-state index contributed by atoms with van der Waals surface area (Å²) >= 11 is 6.23. The molecule has 1 saturated heterocycles. The van der Waals surface area contributed by atoms with Gasteiger partial charge in [0.05, 0.1) is 23.9 Å². The maximum absolute atomic E-state index is 13.8. The Morgan fingerprint density at radius 1 is 1.14 bits per heavy atom. The molecule has 1 fully saturated rings. The summed E-state index contributed by atoms with van der Waals surface area (Å²) in [6, 6.07) is 22.0. The summed E-state index contributed by atoms with van der Waals surface area (Å²) in [7, 11) is 0. The van der Waals surface area contributed by atoms with Crippen molar-refractivity contribution in [1.82, 2.24) is 10.2 Å². The van der Waals surface area contributed by atoms with Crippen molar-refractivity contribution in [1.29, 1.82) is 5.26 Å². The van der Waals surface area contributed by atoms with Gasteiger partial charge in [0.2, 0.25) is 5.91 Å². The summed E-state index contributed by atoms with van der Waals surface area (Å²) in [5.41, 5.74) is 1.97. The van der Waals surface area contributed by atoms with Crippen LogP contribution in [0.2, 0.25) is 5.02 Å². The number of anilines is 1. The molecule has 0 aliphatic carbocycles. The Labute approximate surface area is 218 Å². The molecule has 2 heterocycles. The van der Waals surface area contributed by atoms with E-state index in [1.165, 1.54) is 0 Å². The first-order valence-corrected chi connectivity index (χ1v) is 12.2. The lowest BCUT2D eigenvalue weighted by Crippen LogP contribution is -2.50. The fourth-order valence-corrected chi connectivity index (χ4v) is 5.02. The third kappa shape index (κ3) is 4.99. The Hall–Kier alpha value is -4.35. The van der Waals surface area contributed by atoms with Gasteiger partial charge in [-0.1, -0.05) is 41.9 Å². The number of benzene rings is 3. The highest BCUT2D eigenvalue weighted by atomic mass is 35.5. The van der Waals surface area contributed by atoms with Crippen molar-refractivity contribution in [2.24, 2.45) is 0 Å². The van der Waals surface area contributed by atoms with Gasteiger partial charge in [0.25, 0.3) is 5.91 Å². The fourth-order valence-electron chi connectivity index (χ4n) is 4.85. The predicted octanol–water partition coefficient (Wildman–Crippen LogP) is 4.24. The number of halogens is 1. The molecule has 3 aromatic carbocycles. The van der Waals surface area contributed by atoms with Crippen LogP contribution in [-0.2, 0) is 21.6 Å². The molecule has 1 spiro atoms. The van der Waals surface area contributed by atoms with Crippen LogP contribution in [0, 0.1) is 11.3 Å². The van der Waals surface area contributed by atoms with E-state index in [2.05, 4.69) is 10.6 Å². The lowest BCUT2D eigenvalue weighted by Gasteiger charge is -2.35. The molecule has 3 aromatic rings. The van der Waals surface area contributed by atoms with Crippen LogP contribution in [0.5, 0.6) is 0 Å². The average molecular weight is 515 g/mol. The zero-order valence-electron chi connectivity index (χ0n) is 19.7. The quantitative estimate of drug-likeness (QED) is 0.529. The normalized spacial score (nSPS) is 18.8. The largest absolute Gasteiger partial charge is 0.436 e. The van der Waals surface area contributed by atoms with Gasteiger partial charge < -0.3 is 15.0 Å². The summed E-state index contributed by atoms with van der Waals surface area (Å²) in [6.07, 6.45) is 0.106. The minimum absolute atomic E-state index is 0.143. The molecule has 37 heavy (non-hydrogen) atoms. The Kier molecular flexibility index (Phi) is 6.55. The number of nitrogens with zero attached hydrogens (tertiary/aromatic N) is 2. The summed E-state index contributed by atoms with van der Waals surface area (Å²) in [5, 5.41) is 15.1. The van der Waals surface area contributed by atoms with Gasteiger partial charge in [-0.15, -0.1) is 0 Å². The molecule has 3 amide bonds. The Balaban J connectivity index is 1.40. The number of amides is 3. The molecule has 9 heteroatoms. The molecule has 2 atom stereocenters. The minimum atomic E-state index is -1.02. The van der Waals surface area contributed by atoms with E-state index >= 15 is 0 Å². The molecule has 2 N–H and O–H groups in total. The summed E-state index contributed by atoms with van der Waals surface area (Å²) in [4.78, 5) is 40.8. The van der Waals surface area contributed by atoms with Crippen LogP contribution in [0.3, 0.4) is 0 Å². The van der Waals surface area contributed by atoms with E-state index in [0.29, 0.717) is 34.8 Å². The maximum Gasteiger partial charge on any atom is 0.412 e. The topological polar surface area (TPSA) is 112 Å². The van der Waals surface area contributed by atoms with Gasteiger partial charge in [-0.25, -0.2) is 4.79 Å². The number of nitriles is 1. The van der Waals surface area contributed by atoms with Gasteiger partial charge in [0.15, 0.2) is 5.60 Å². The minimum Gasteiger partial charge on any atom is -0.436 e. The molecule has 0 saturated carbocycles. The Bertz CT molecular complexity index is 1400. The van der Waals surface area contributed by atoms with Gasteiger partial charge in [0, 0.05) is 35.5 Å². The van der Waals surface area contributed by atoms with E-state index in [1.54, 1.807) is 47.4 Å². The van der Waals surface area contributed by atoms with Crippen molar-refractivity contribution >= 4 is 35.2 Å². The Morgan fingerprint density at radius 2 is 1.89 bits per heavy atom. The maximum atomic E-state index is 13.8. The van der Waals surface area contributed by atoms with E-state index in [4.69, 9.17) is 21.6 Å². The molecule has 0 radical (unpaired) electrons. The third-order valence-electron chi connectivity index (χ3n) is 6.70. The van der Waals surface area contributed by atoms with Gasteiger partial charge in [-0.05, 0) is 48.0 Å². The summed E-state index contributed by atoms with van der Waals surface area (Å²) < 4.78 is 5.75. The lowest BCUT2D eigenvalue weighted by atomic mass is 9.90. The molecule has 2 aliphatic rings. The van der Waals surface area contributed by atoms with Gasteiger partial charge in [0.1, 0.15) is 6.04 Å². The Morgan fingerprint density at radius 3 is 2.62 bits per heavy atom. The average Bonchev–Trinajstić information content (AvgIpc) is 3.33. The highest BCUT2D eigenvalue weighted by Crippen LogP contribution is 2.43. The molecule has 0 aromatic heterocycles. The first-order valence-electron chi connectivity index (χ1n) is 11.8. The fraction of sp³-hybridized carbons (Fsp3) is 0.214. The second-order valence-electron chi connectivity index (χ2n) is 9.11. The molecule has 0 bridgehead atoms. The SMILES string of the molecule is N#Cc1ccc(C(=O)N[C@@H](Cc2ccccc2)C(=O)N2CCC3(C2)OC(=O)Nc2ccc(Cl)cc23)cc1. The highest BCUT2D eigenvalue weighted by molar-refractivity contribution is 6.30. The van der Waals surface area contributed by atoms with Crippen molar-refractivity contribution in [2.75, 3.05) is 18.4 Å². The number of carbonyl (C=O) groups excluding carboxylic acids is 3. The smallest absolute Gasteiger partial charge is 0.412 e. The van der Waals surface area contributed by atoms with Crippen molar-refractivity contribution in [3.63, 3.8) is 0 Å². The van der Waals surface area contributed by atoms with Crippen molar-refractivity contribution in [3.8, 4) is 6.07 Å². The van der Waals surface area contributed by atoms with Crippen LogP contribution in [0.1, 0.15) is 33.5 Å². The number of rotatable bonds is 5. The van der Waals surface area contributed by atoms with Crippen molar-refractivity contribution in [2.45, 2.75) is 24.5 Å².